The van der Waals surface area contributed by atoms with E-state index in [0.717, 1.165) is 24.9 Å². The molecular weight excluding hydrogens is 290 g/mol. The van der Waals surface area contributed by atoms with Crippen molar-refractivity contribution >= 4 is 11.9 Å². The Balaban J connectivity index is 1.90. The van der Waals surface area contributed by atoms with Gasteiger partial charge in [-0.2, -0.15) is 0 Å². The smallest absolute Gasteiger partial charge is 0.317 e. The third-order valence-electron chi connectivity index (χ3n) is 4.15. The van der Waals surface area contributed by atoms with Crippen LogP contribution in [0.2, 0.25) is 0 Å². The molecule has 5 heteroatoms. The Morgan fingerprint density at radius 2 is 1.83 bits per heavy atom. The molecule has 1 aromatic rings. The lowest BCUT2D eigenvalue weighted by molar-refractivity contribution is -0.126. The second-order valence-electron chi connectivity index (χ2n) is 6.53. The Kier molecular flexibility index (Phi) is 6.02. The number of hydrogen-bond donors (Lipinski definition) is 2. The maximum atomic E-state index is 12.5. The van der Waals surface area contributed by atoms with Crippen LogP contribution in [0.25, 0.3) is 0 Å². The predicted molar refractivity (Wildman–Crippen MR) is 91.0 cm³/mol. The summed E-state index contributed by atoms with van der Waals surface area (Å²) in [7, 11) is 0. The van der Waals surface area contributed by atoms with E-state index in [0.29, 0.717) is 6.54 Å². The van der Waals surface area contributed by atoms with Crippen LogP contribution in [0.4, 0.5) is 4.79 Å². The number of hydrogen-bond acceptors (Lipinski definition) is 2. The average molecular weight is 317 g/mol. The fourth-order valence-electron chi connectivity index (χ4n) is 2.87. The van der Waals surface area contributed by atoms with Gasteiger partial charge in [0.05, 0.1) is 12.0 Å². The van der Waals surface area contributed by atoms with Gasteiger partial charge < -0.3 is 15.5 Å². The van der Waals surface area contributed by atoms with Gasteiger partial charge in [0.2, 0.25) is 5.91 Å². The van der Waals surface area contributed by atoms with Crippen molar-refractivity contribution < 1.29 is 9.59 Å². The highest BCUT2D eigenvalue weighted by atomic mass is 16.2. The topological polar surface area (TPSA) is 61.4 Å². The largest absolute Gasteiger partial charge is 0.349 e. The monoisotopic (exact) mass is 317 g/mol. The van der Waals surface area contributed by atoms with Crippen molar-refractivity contribution in [2.45, 2.75) is 45.7 Å². The van der Waals surface area contributed by atoms with Crippen molar-refractivity contribution in [1.82, 2.24) is 15.5 Å². The van der Waals surface area contributed by atoms with E-state index >= 15 is 0 Å². The molecule has 126 valence electrons. The van der Waals surface area contributed by atoms with Crippen molar-refractivity contribution in [3.8, 4) is 0 Å². The third-order valence-corrected chi connectivity index (χ3v) is 4.15. The number of nitrogens with zero attached hydrogens (tertiary/aromatic N) is 1. The molecule has 0 spiro atoms. The number of carbonyl (C=O) groups is 2. The molecule has 1 heterocycles. The normalized spacial score (nSPS) is 19.3. The molecule has 1 aliphatic rings. The molecule has 2 rings (SSSR count). The minimum absolute atomic E-state index is 0.0245. The first-order chi connectivity index (χ1) is 11.0. The molecule has 2 atom stereocenters. The predicted octanol–water partition coefficient (Wildman–Crippen LogP) is 2.69. The average Bonchev–Trinajstić information content (AvgIpc) is 2.55. The zero-order chi connectivity index (χ0) is 16.8. The molecule has 5 nitrogen and oxygen atoms in total. The van der Waals surface area contributed by atoms with Crippen LogP contribution in [-0.2, 0) is 4.79 Å². The summed E-state index contributed by atoms with van der Waals surface area (Å²) in [5, 5.41) is 5.96. The molecule has 0 unspecified atom stereocenters. The number of benzene rings is 1. The van der Waals surface area contributed by atoms with Crippen LogP contribution in [-0.4, -0.2) is 36.0 Å². The van der Waals surface area contributed by atoms with Crippen molar-refractivity contribution in [2.24, 2.45) is 5.92 Å². The van der Waals surface area contributed by atoms with Crippen LogP contribution in [0.1, 0.15) is 45.2 Å². The van der Waals surface area contributed by atoms with E-state index in [2.05, 4.69) is 10.6 Å². The van der Waals surface area contributed by atoms with E-state index in [1.807, 2.05) is 51.1 Å². The number of carbonyl (C=O) groups excluding carboxylic acids is 2. The number of piperidine rings is 1. The summed E-state index contributed by atoms with van der Waals surface area (Å²) in [5.74, 6) is -0.101. The Labute approximate surface area is 138 Å². The van der Waals surface area contributed by atoms with Crippen molar-refractivity contribution in [3.63, 3.8) is 0 Å². The highest BCUT2D eigenvalue weighted by Crippen LogP contribution is 2.19. The number of likely N-dealkylation sites (tertiary alicyclic amines) is 1. The Morgan fingerprint density at radius 1 is 1.13 bits per heavy atom. The SMILES string of the molecule is CC(C)NC(=O)N1CCC[C@@H](C(=O)N[C@H](C)c2ccccc2)C1. The summed E-state index contributed by atoms with van der Waals surface area (Å²) < 4.78 is 0. The molecule has 2 N–H and O–H groups in total. The second kappa shape index (κ2) is 7.99. The first-order valence-corrected chi connectivity index (χ1v) is 8.38. The zero-order valence-corrected chi connectivity index (χ0v) is 14.2. The lowest BCUT2D eigenvalue weighted by atomic mass is 9.96. The molecule has 23 heavy (non-hydrogen) atoms. The van der Waals surface area contributed by atoms with E-state index in [1.165, 1.54) is 0 Å². The first kappa shape index (κ1) is 17.3. The van der Waals surface area contributed by atoms with Gasteiger partial charge in [0.25, 0.3) is 0 Å². The number of amides is 3. The third kappa shape index (κ3) is 4.98. The number of urea groups is 1. The molecule has 1 saturated heterocycles. The minimum Gasteiger partial charge on any atom is -0.349 e. The van der Waals surface area contributed by atoms with Crippen LogP contribution in [0.5, 0.6) is 0 Å². The second-order valence-corrected chi connectivity index (χ2v) is 6.53. The van der Waals surface area contributed by atoms with Crippen LogP contribution < -0.4 is 10.6 Å². The van der Waals surface area contributed by atoms with Gasteiger partial charge in [0.15, 0.2) is 0 Å². The lowest BCUT2D eigenvalue weighted by Crippen LogP contribution is -2.50. The Bertz CT molecular complexity index is 530. The first-order valence-electron chi connectivity index (χ1n) is 8.38. The molecule has 1 fully saturated rings. The van der Waals surface area contributed by atoms with E-state index in [1.54, 1.807) is 4.90 Å². The van der Waals surface area contributed by atoms with Gasteiger partial charge in [-0.1, -0.05) is 30.3 Å². The summed E-state index contributed by atoms with van der Waals surface area (Å²) in [6, 6.07) is 9.92. The van der Waals surface area contributed by atoms with Crippen molar-refractivity contribution in [3.05, 3.63) is 35.9 Å². The highest BCUT2D eigenvalue weighted by molar-refractivity contribution is 5.81. The quantitative estimate of drug-likeness (QED) is 0.897. The van der Waals surface area contributed by atoms with Gasteiger partial charge in [-0.05, 0) is 39.2 Å². The van der Waals surface area contributed by atoms with Crippen LogP contribution in [0.15, 0.2) is 30.3 Å². The zero-order valence-electron chi connectivity index (χ0n) is 14.2. The van der Waals surface area contributed by atoms with Crippen LogP contribution >= 0.6 is 0 Å². The number of rotatable bonds is 4. The van der Waals surface area contributed by atoms with Crippen LogP contribution in [0.3, 0.4) is 0 Å². The van der Waals surface area contributed by atoms with Gasteiger partial charge in [0.1, 0.15) is 0 Å². The summed E-state index contributed by atoms with van der Waals surface area (Å²) in [5.41, 5.74) is 1.09. The molecule has 0 aliphatic carbocycles. The molecule has 0 aromatic heterocycles. The summed E-state index contributed by atoms with van der Waals surface area (Å²) in [6.45, 7) is 7.07. The van der Waals surface area contributed by atoms with Gasteiger partial charge in [-0.3, -0.25) is 4.79 Å². The van der Waals surface area contributed by atoms with Crippen LogP contribution in [0, 0.1) is 5.92 Å². The fourth-order valence-corrected chi connectivity index (χ4v) is 2.87. The van der Waals surface area contributed by atoms with Gasteiger partial charge >= 0.3 is 6.03 Å². The van der Waals surface area contributed by atoms with Gasteiger partial charge in [-0.15, -0.1) is 0 Å². The highest BCUT2D eigenvalue weighted by Gasteiger charge is 2.29. The van der Waals surface area contributed by atoms with E-state index < -0.39 is 0 Å². The summed E-state index contributed by atoms with van der Waals surface area (Å²) >= 11 is 0. The molecule has 0 radical (unpaired) electrons. The van der Waals surface area contributed by atoms with E-state index in [-0.39, 0.29) is 29.9 Å². The maximum absolute atomic E-state index is 12.5. The molecule has 0 saturated carbocycles. The Morgan fingerprint density at radius 3 is 2.48 bits per heavy atom. The fraction of sp³-hybridized carbons (Fsp3) is 0.556. The maximum Gasteiger partial charge on any atom is 0.317 e. The number of nitrogens with one attached hydrogen (secondary N) is 2. The van der Waals surface area contributed by atoms with Crippen molar-refractivity contribution in [1.29, 1.82) is 0 Å². The van der Waals surface area contributed by atoms with Crippen molar-refractivity contribution in [2.75, 3.05) is 13.1 Å². The molecule has 3 amide bonds. The standard InChI is InChI=1S/C18H27N3O2/c1-13(2)19-18(23)21-11-7-10-16(12-21)17(22)20-14(3)15-8-5-4-6-9-15/h4-6,8-9,13-14,16H,7,10-12H2,1-3H3,(H,19,23)(H,20,22)/t14-,16-/m1/s1. The van der Waals surface area contributed by atoms with Gasteiger partial charge in [-0.25, -0.2) is 4.79 Å². The molecular formula is C18H27N3O2. The summed E-state index contributed by atoms with van der Waals surface area (Å²) in [4.78, 5) is 26.4. The minimum atomic E-state index is -0.132. The van der Waals surface area contributed by atoms with E-state index in [4.69, 9.17) is 0 Å². The molecule has 1 aromatic carbocycles. The molecule has 0 bridgehead atoms. The Hall–Kier alpha value is -2.04. The molecule has 1 aliphatic heterocycles. The lowest BCUT2D eigenvalue weighted by Gasteiger charge is -2.33. The van der Waals surface area contributed by atoms with E-state index in [9.17, 15) is 9.59 Å². The van der Waals surface area contributed by atoms with Gasteiger partial charge in [0, 0.05) is 19.1 Å². The summed E-state index contributed by atoms with van der Waals surface area (Å²) in [6.07, 6.45) is 1.70.